The average molecular weight is 334 g/mol. The van der Waals surface area contributed by atoms with Gasteiger partial charge in [-0.15, -0.1) is 0 Å². The van der Waals surface area contributed by atoms with Crippen LogP contribution in [-0.4, -0.2) is 0 Å². The summed E-state index contributed by atoms with van der Waals surface area (Å²) in [4.78, 5) is 0. The summed E-state index contributed by atoms with van der Waals surface area (Å²) in [6, 6.07) is 3.45. The van der Waals surface area contributed by atoms with Crippen molar-refractivity contribution in [2.24, 2.45) is 0 Å². The highest BCUT2D eigenvalue weighted by Crippen LogP contribution is 2.32. The molecule has 0 unspecified atom stereocenters. The van der Waals surface area contributed by atoms with E-state index in [4.69, 9.17) is 0 Å². The fraction of sp³-hybridized carbons (Fsp3) is 0.111. The molecule has 0 atom stereocenters. The van der Waals surface area contributed by atoms with E-state index in [0.717, 1.165) is 40.8 Å². The van der Waals surface area contributed by atoms with Gasteiger partial charge in [-0.05, 0) is 34.7 Å². The first kappa shape index (κ1) is 12.4. The Balaban J connectivity index is 3.21. The third-order valence-corrected chi connectivity index (χ3v) is 2.08. The lowest BCUT2D eigenvalue weighted by Gasteiger charge is -2.07. The molecule has 0 heterocycles. The highest BCUT2D eigenvalue weighted by atomic mass is 127. The van der Waals surface area contributed by atoms with Crippen molar-refractivity contribution in [2.45, 2.75) is 6.18 Å². The third kappa shape index (κ3) is 3.15. The number of hydrogen-bond acceptors (Lipinski definition) is 0. The molecule has 0 aliphatic carbocycles. The van der Waals surface area contributed by atoms with Gasteiger partial charge in [-0.2, -0.15) is 17.6 Å². The van der Waals surface area contributed by atoms with E-state index in [-0.39, 0.29) is 0 Å². The fourth-order valence-corrected chi connectivity index (χ4v) is 1.25. The van der Waals surface area contributed by atoms with Crippen LogP contribution in [0.1, 0.15) is 11.1 Å². The van der Waals surface area contributed by atoms with E-state index >= 15 is 0 Å². The topological polar surface area (TPSA) is 0 Å². The Labute approximate surface area is 95.9 Å². The van der Waals surface area contributed by atoms with Crippen LogP contribution < -0.4 is 0 Å². The van der Waals surface area contributed by atoms with Gasteiger partial charge in [0.2, 0.25) is 0 Å². The summed E-state index contributed by atoms with van der Waals surface area (Å²) in [5.74, 6) is -1.29. The van der Waals surface area contributed by atoms with Crippen molar-refractivity contribution in [3.63, 3.8) is 0 Å². The van der Waals surface area contributed by atoms with Crippen LogP contribution in [0, 0.1) is 0 Å². The number of halogens is 6. The zero-order valence-electron chi connectivity index (χ0n) is 7.08. The zero-order valence-corrected chi connectivity index (χ0v) is 9.23. The first-order chi connectivity index (χ1) is 6.82. The quantitative estimate of drug-likeness (QED) is 0.516. The van der Waals surface area contributed by atoms with Crippen molar-refractivity contribution in [1.29, 1.82) is 0 Å². The van der Waals surface area contributed by atoms with Gasteiger partial charge in [0.25, 0.3) is 0 Å². The third-order valence-electron chi connectivity index (χ3n) is 1.61. The highest BCUT2D eigenvalue weighted by Gasteiger charge is 2.30. The Kier molecular flexibility index (Phi) is 3.69. The van der Waals surface area contributed by atoms with Crippen molar-refractivity contribution in [1.82, 2.24) is 0 Å². The molecule has 0 nitrogen and oxygen atoms in total. The minimum Gasteiger partial charge on any atom is -0.203 e. The van der Waals surface area contributed by atoms with Gasteiger partial charge < -0.3 is 0 Å². The number of alkyl halides is 3. The van der Waals surface area contributed by atoms with E-state index in [0.29, 0.717) is 6.07 Å². The SMILES string of the molecule is F/C(I)=C(/F)c1cccc(C(F)(F)F)c1. The minimum absolute atomic E-state index is 0.420. The molecule has 82 valence electrons. The molecule has 0 bridgehead atoms. The Bertz CT molecular complexity index is 390. The smallest absolute Gasteiger partial charge is 0.203 e. The summed E-state index contributed by atoms with van der Waals surface area (Å²) in [7, 11) is 0. The Morgan fingerprint density at radius 3 is 2.20 bits per heavy atom. The second-order valence-corrected chi connectivity index (χ2v) is 3.60. The van der Waals surface area contributed by atoms with E-state index < -0.39 is 27.0 Å². The van der Waals surface area contributed by atoms with Crippen molar-refractivity contribution < 1.29 is 22.0 Å². The van der Waals surface area contributed by atoms with Gasteiger partial charge in [-0.25, -0.2) is 4.39 Å². The highest BCUT2D eigenvalue weighted by molar-refractivity contribution is 14.1. The van der Waals surface area contributed by atoms with Gasteiger partial charge in [0.1, 0.15) is 0 Å². The van der Waals surface area contributed by atoms with Gasteiger partial charge >= 0.3 is 6.18 Å². The van der Waals surface area contributed by atoms with Crippen LogP contribution in [0.15, 0.2) is 28.1 Å². The summed E-state index contributed by atoms with van der Waals surface area (Å²) in [6.45, 7) is 0. The predicted octanol–water partition coefficient (Wildman–Crippen LogP) is 4.71. The summed E-state index contributed by atoms with van der Waals surface area (Å²) in [5, 5.41) is 0. The van der Waals surface area contributed by atoms with E-state index in [1.807, 2.05) is 0 Å². The molecule has 0 radical (unpaired) electrons. The molecule has 6 heteroatoms. The van der Waals surface area contributed by atoms with Gasteiger partial charge in [0.05, 0.1) is 5.56 Å². The lowest BCUT2D eigenvalue weighted by Crippen LogP contribution is -2.04. The molecule has 0 aliphatic rings. The lowest BCUT2D eigenvalue weighted by molar-refractivity contribution is -0.137. The normalized spacial score (nSPS) is 13.7. The molecule has 0 aromatic heterocycles. The summed E-state index contributed by atoms with van der Waals surface area (Å²) >= 11 is 1.06. The molecule has 0 saturated carbocycles. The second-order valence-electron chi connectivity index (χ2n) is 2.65. The molecule has 0 amide bonds. The Morgan fingerprint density at radius 2 is 1.73 bits per heavy atom. The monoisotopic (exact) mass is 334 g/mol. The molecule has 0 saturated heterocycles. The average Bonchev–Trinajstić information content (AvgIpc) is 2.15. The number of rotatable bonds is 1. The van der Waals surface area contributed by atoms with E-state index in [1.165, 1.54) is 0 Å². The molecular formula is C9H4F5I. The largest absolute Gasteiger partial charge is 0.416 e. The maximum absolute atomic E-state index is 13.0. The predicted molar refractivity (Wildman–Crippen MR) is 54.6 cm³/mol. The first-order valence-electron chi connectivity index (χ1n) is 3.71. The maximum atomic E-state index is 13.0. The maximum Gasteiger partial charge on any atom is 0.416 e. The molecular weight excluding hydrogens is 330 g/mol. The lowest BCUT2D eigenvalue weighted by atomic mass is 10.1. The second kappa shape index (κ2) is 4.46. The summed E-state index contributed by atoms with van der Waals surface area (Å²) in [5.41, 5.74) is -1.43. The van der Waals surface area contributed by atoms with Gasteiger partial charge in [0.15, 0.2) is 9.66 Å². The molecule has 0 N–H and O–H groups in total. The van der Waals surface area contributed by atoms with Crippen LogP contribution in [0.25, 0.3) is 5.83 Å². The van der Waals surface area contributed by atoms with Crippen molar-refractivity contribution >= 4 is 28.4 Å². The Hall–Kier alpha value is -0.660. The van der Waals surface area contributed by atoms with Crippen LogP contribution in [0.4, 0.5) is 22.0 Å². The Morgan fingerprint density at radius 1 is 1.13 bits per heavy atom. The van der Waals surface area contributed by atoms with Crippen molar-refractivity contribution in [2.75, 3.05) is 0 Å². The summed E-state index contributed by atoms with van der Waals surface area (Å²) < 4.78 is 60.8. The molecule has 0 fully saturated rings. The van der Waals surface area contributed by atoms with Crippen LogP contribution in [0.3, 0.4) is 0 Å². The molecule has 0 spiro atoms. The van der Waals surface area contributed by atoms with Crippen LogP contribution in [-0.2, 0) is 6.18 Å². The molecule has 1 aromatic carbocycles. The standard InChI is InChI=1S/C9H4F5I/c10-7(8(11)15)5-2-1-3-6(4-5)9(12,13)14/h1-4H/b8-7-. The van der Waals surface area contributed by atoms with Crippen molar-refractivity contribution in [3.8, 4) is 0 Å². The fourth-order valence-electron chi connectivity index (χ4n) is 0.941. The van der Waals surface area contributed by atoms with Crippen molar-refractivity contribution in [3.05, 3.63) is 39.2 Å². The molecule has 1 aromatic rings. The van der Waals surface area contributed by atoms with E-state index in [1.54, 1.807) is 0 Å². The van der Waals surface area contributed by atoms with Crippen LogP contribution in [0.2, 0.25) is 0 Å². The molecule has 15 heavy (non-hydrogen) atoms. The van der Waals surface area contributed by atoms with Gasteiger partial charge in [-0.3, -0.25) is 0 Å². The molecule has 0 aliphatic heterocycles. The van der Waals surface area contributed by atoms with E-state index in [2.05, 4.69) is 0 Å². The van der Waals surface area contributed by atoms with Gasteiger partial charge in [0, 0.05) is 5.56 Å². The van der Waals surface area contributed by atoms with Gasteiger partial charge in [-0.1, -0.05) is 12.1 Å². The minimum atomic E-state index is -4.56. The van der Waals surface area contributed by atoms with Crippen LogP contribution in [0.5, 0.6) is 0 Å². The first-order valence-corrected chi connectivity index (χ1v) is 4.78. The van der Waals surface area contributed by atoms with E-state index in [9.17, 15) is 22.0 Å². The zero-order chi connectivity index (χ0) is 11.6. The molecule has 1 rings (SSSR count). The number of benzene rings is 1. The number of hydrogen-bond donors (Lipinski definition) is 0. The summed E-state index contributed by atoms with van der Waals surface area (Å²) in [6.07, 6.45) is -4.56. The van der Waals surface area contributed by atoms with Crippen LogP contribution >= 0.6 is 22.6 Å².